The van der Waals surface area contributed by atoms with Crippen LogP contribution in [0.4, 0.5) is 11.8 Å². The summed E-state index contributed by atoms with van der Waals surface area (Å²) in [6, 6.07) is 15.9. The van der Waals surface area contributed by atoms with E-state index in [1.54, 1.807) is 0 Å². The maximum atomic E-state index is 6.01. The number of aromatic nitrogens is 2. The maximum Gasteiger partial charge on any atom is 0.225 e. The zero-order valence-corrected chi connectivity index (χ0v) is 13.1. The predicted molar refractivity (Wildman–Crippen MR) is 93.0 cm³/mol. The zero-order chi connectivity index (χ0) is 16.1. The largest absolute Gasteiger partial charge is 0.383 e. The zero-order valence-electron chi connectivity index (χ0n) is 13.1. The van der Waals surface area contributed by atoms with Gasteiger partial charge in [0, 0.05) is 18.5 Å². The minimum atomic E-state index is 0.487. The van der Waals surface area contributed by atoms with Gasteiger partial charge in [0.2, 0.25) is 5.95 Å². The maximum absolute atomic E-state index is 6.01. The Morgan fingerprint density at radius 3 is 2.57 bits per heavy atom. The molecule has 0 atom stereocenters. The molecule has 0 amide bonds. The molecule has 3 N–H and O–H groups in total. The number of nitrogens with zero attached hydrogens (tertiary/aromatic N) is 2. The summed E-state index contributed by atoms with van der Waals surface area (Å²) in [5, 5.41) is 4.12. The van der Waals surface area contributed by atoms with Crippen LogP contribution in [0.3, 0.4) is 0 Å². The number of benzene rings is 2. The molecule has 0 saturated carbocycles. The minimum absolute atomic E-state index is 0.487. The first kappa shape index (κ1) is 15.2. The van der Waals surface area contributed by atoms with Crippen molar-refractivity contribution in [3.05, 3.63) is 59.7 Å². The molecule has 0 aliphatic carbocycles. The van der Waals surface area contributed by atoms with Crippen LogP contribution in [0, 0.1) is 0 Å². The molecule has 0 aliphatic rings. The van der Waals surface area contributed by atoms with E-state index in [0.717, 1.165) is 22.0 Å². The van der Waals surface area contributed by atoms with E-state index in [9.17, 15) is 0 Å². The lowest BCUT2D eigenvalue weighted by Crippen LogP contribution is -2.08. The minimum Gasteiger partial charge on any atom is -0.383 e. The molecule has 0 bridgehead atoms. The summed E-state index contributed by atoms with van der Waals surface area (Å²) < 4.78 is 5.51. The molecule has 3 aromatic rings. The van der Waals surface area contributed by atoms with E-state index in [2.05, 4.69) is 27.4 Å². The molecule has 3 rings (SSSR count). The van der Waals surface area contributed by atoms with Gasteiger partial charge in [0.1, 0.15) is 5.82 Å². The summed E-state index contributed by atoms with van der Waals surface area (Å²) in [7, 11) is 0. The van der Waals surface area contributed by atoms with Gasteiger partial charge >= 0.3 is 0 Å². The normalized spacial score (nSPS) is 10.8. The van der Waals surface area contributed by atoms with Gasteiger partial charge < -0.3 is 15.8 Å². The predicted octanol–water partition coefficient (Wildman–Crippen LogP) is 3.36. The van der Waals surface area contributed by atoms with Crippen LogP contribution < -0.4 is 11.1 Å². The first-order valence-corrected chi connectivity index (χ1v) is 7.68. The molecule has 1 heterocycles. The Balaban J connectivity index is 1.78. The van der Waals surface area contributed by atoms with Gasteiger partial charge in [0.25, 0.3) is 0 Å². The summed E-state index contributed by atoms with van der Waals surface area (Å²) in [5.74, 6) is 1.02. The molecule has 118 valence electrons. The molecule has 0 saturated heterocycles. The molecule has 1 aromatic heterocycles. The molecule has 0 fully saturated rings. The molecular weight excluding hydrogens is 288 g/mol. The number of anilines is 2. The number of nitrogen functional groups attached to an aromatic ring is 1. The highest BCUT2D eigenvalue weighted by Gasteiger charge is 2.06. The highest BCUT2D eigenvalue weighted by Crippen LogP contribution is 2.19. The fourth-order valence-corrected chi connectivity index (χ4v) is 2.44. The Hall–Kier alpha value is -2.66. The SMILES string of the molecule is CCOCc1ccccc1CNc1nc(N)c2ccccc2n1. The van der Waals surface area contributed by atoms with Crippen LogP contribution in [0.2, 0.25) is 0 Å². The molecule has 5 nitrogen and oxygen atoms in total. The number of ether oxygens (including phenoxy) is 1. The Labute approximate surface area is 135 Å². The Morgan fingerprint density at radius 2 is 1.74 bits per heavy atom. The highest BCUT2D eigenvalue weighted by atomic mass is 16.5. The van der Waals surface area contributed by atoms with Crippen molar-refractivity contribution in [3.8, 4) is 0 Å². The summed E-state index contributed by atoms with van der Waals surface area (Å²) in [4.78, 5) is 8.84. The van der Waals surface area contributed by atoms with Gasteiger partial charge in [-0.15, -0.1) is 0 Å². The molecule has 0 radical (unpaired) electrons. The monoisotopic (exact) mass is 308 g/mol. The molecular formula is C18H20N4O. The van der Waals surface area contributed by atoms with Crippen molar-refractivity contribution in [1.82, 2.24) is 9.97 Å². The van der Waals surface area contributed by atoms with Gasteiger partial charge in [0.05, 0.1) is 12.1 Å². The molecule has 0 unspecified atom stereocenters. The van der Waals surface area contributed by atoms with Crippen LogP contribution in [0.1, 0.15) is 18.1 Å². The van der Waals surface area contributed by atoms with Crippen LogP contribution in [0.15, 0.2) is 48.5 Å². The quantitative estimate of drug-likeness (QED) is 0.730. The lowest BCUT2D eigenvalue weighted by atomic mass is 10.1. The second kappa shape index (κ2) is 7.07. The Morgan fingerprint density at radius 1 is 1.00 bits per heavy atom. The fourth-order valence-electron chi connectivity index (χ4n) is 2.44. The van der Waals surface area contributed by atoms with Crippen LogP contribution in [-0.2, 0) is 17.9 Å². The van der Waals surface area contributed by atoms with Crippen LogP contribution >= 0.6 is 0 Å². The first-order valence-electron chi connectivity index (χ1n) is 7.68. The molecule has 5 heteroatoms. The van der Waals surface area contributed by atoms with E-state index in [1.807, 2.05) is 43.3 Å². The van der Waals surface area contributed by atoms with E-state index in [-0.39, 0.29) is 0 Å². The molecule has 0 aliphatic heterocycles. The lowest BCUT2D eigenvalue weighted by molar-refractivity contribution is 0.133. The average molecular weight is 308 g/mol. The van der Waals surface area contributed by atoms with Crippen molar-refractivity contribution in [2.45, 2.75) is 20.1 Å². The van der Waals surface area contributed by atoms with Gasteiger partial charge in [-0.25, -0.2) is 4.98 Å². The standard InChI is InChI=1S/C18H20N4O/c1-2-23-12-14-8-4-3-7-13(14)11-20-18-21-16-10-6-5-9-15(16)17(19)22-18/h3-10H,2,11-12H2,1H3,(H3,19,20,21,22). The molecule has 0 spiro atoms. The first-order chi connectivity index (χ1) is 11.3. The summed E-state index contributed by atoms with van der Waals surface area (Å²) in [5.41, 5.74) is 9.17. The number of rotatable bonds is 6. The Bertz CT molecular complexity index is 804. The second-order valence-corrected chi connectivity index (χ2v) is 5.21. The van der Waals surface area contributed by atoms with Gasteiger partial charge in [-0.2, -0.15) is 4.98 Å². The lowest BCUT2D eigenvalue weighted by Gasteiger charge is -2.11. The number of nitrogens with two attached hydrogens (primary N) is 1. The van der Waals surface area contributed by atoms with Gasteiger partial charge in [-0.1, -0.05) is 36.4 Å². The number of fused-ring (bicyclic) bond motifs is 1. The van der Waals surface area contributed by atoms with Crippen molar-refractivity contribution >= 4 is 22.7 Å². The second-order valence-electron chi connectivity index (χ2n) is 5.21. The topological polar surface area (TPSA) is 73.1 Å². The van der Waals surface area contributed by atoms with E-state index in [0.29, 0.717) is 31.5 Å². The van der Waals surface area contributed by atoms with Crippen molar-refractivity contribution in [3.63, 3.8) is 0 Å². The van der Waals surface area contributed by atoms with Gasteiger partial charge in [-0.05, 0) is 30.2 Å². The van der Waals surface area contributed by atoms with Crippen molar-refractivity contribution in [2.75, 3.05) is 17.7 Å². The van der Waals surface area contributed by atoms with E-state index in [1.165, 1.54) is 0 Å². The third kappa shape index (κ3) is 3.57. The van der Waals surface area contributed by atoms with Gasteiger partial charge in [-0.3, -0.25) is 0 Å². The van der Waals surface area contributed by atoms with Crippen LogP contribution in [0.5, 0.6) is 0 Å². The third-order valence-corrected chi connectivity index (χ3v) is 3.65. The summed E-state index contributed by atoms with van der Waals surface area (Å²) in [6.07, 6.45) is 0. The number of hydrogen-bond acceptors (Lipinski definition) is 5. The number of hydrogen-bond donors (Lipinski definition) is 2. The smallest absolute Gasteiger partial charge is 0.225 e. The van der Waals surface area contributed by atoms with Gasteiger partial charge in [0.15, 0.2) is 0 Å². The summed E-state index contributed by atoms with van der Waals surface area (Å²) >= 11 is 0. The van der Waals surface area contributed by atoms with Crippen molar-refractivity contribution < 1.29 is 4.74 Å². The average Bonchev–Trinajstić information content (AvgIpc) is 2.59. The van der Waals surface area contributed by atoms with Crippen LogP contribution in [-0.4, -0.2) is 16.6 Å². The summed E-state index contributed by atoms with van der Waals surface area (Å²) in [6.45, 7) is 3.93. The fraction of sp³-hybridized carbons (Fsp3) is 0.222. The highest BCUT2D eigenvalue weighted by molar-refractivity contribution is 5.88. The third-order valence-electron chi connectivity index (χ3n) is 3.65. The molecule has 2 aromatic carbocycles. The van der Waals surface area contributed by atoms with Crippen molar-refractivity contribution in [2.24, 2.45) is 0 Å². The number of nitrogens with one attached hydrogen (secondary N) is 1. The Kier molecular flexibility index (Phi) is 4.68. The molecule has 23 heavy (non-hydrogen) atoms. The van der Waals surface area contributed by atoms with E-state index >= 15 is 0 Å². The van der Waals surface area contributed by atoms with E-state index < -0.39 is 0 Å². The van der Waals surface area contributed by atoms with Crippen molar-refractivity contribution in [1.29, 1.82) is 0 Å². The van der Waals surface area contributed by atoms with E-state index in [4.69, 9.17) is 10.5 Å². The van der Waals surface area contributed by atoms with Crippen LogP contribution in [0.25, 0.3) is 10.9 Å². The number of para-hydroxylation sites is 1.